The second-order valence-corrected chi connectivity index (χ2v) is 7.68. The Morgan fingerprint density at radius 3 is 2.63 bits per heavy atom. The summed E-state index contributed by atoms with van der Waals surface area (Å²) in [6.45, 7) is 8.42. The summed E-state index contributed by atoms with van der Waals surface area (Å²) in [5.41, 5.74) is 1.85. The number of hydrogen-bond acceptors (Lipinski definition) is 3. The predicted molar refractivity (Wildman–Crippen MR) is 137 cm³/mol. The zero-order valence-electron chi connectivity index (χ0n) is 18.7. The number of nitrogens with zero attached hydrogens (tertiary/aromatic N) is 2. The molecule has 1 aromatic rings. The first-order valence-corrected chi connectivity index (χ1v) is 11.3. The van der Waals surface area contributed by atoms with E-state index in [2.05, 4.69) is 33.8 Å². The largest absolute Gasteiger partial charge is 0.357 e. The Bertz CT molecular complexity index is 632. The van der Waals surface area contributed by atoms with E-state index < -0.39 is 0 Å². The van der Waals surface area contributed by atoms with Crippen LogP contribution in [0.25, 0.3) is 0 Å². The molecule has 1 aliphatic rings. The van der Waals surface area contributed by atoms with E-state index in [1.165, 1.54) is 51.7 Å². The van der Waals surface area contributed by atoms with Crippen molar-refractivity contribution in [2.24, 2.45) is 4.99 Å². The van der Waals surface area contributed by atoms with E-state index in [1.54, 1.807) is 7.05 Å². The van der Waals surface area contributed by atoms with Crippen LogP contribution in [-0.2, 0) is 6.42 Å². The molecule has 0 radical (unpaired) electrons. The molecule has 7 heteroatoms. The third kappa shape index (κ3) is 10.6. The highest BCUT2D eigenvalue weighted by atomic mass is 127. The summed E-state index contributed by atoms with van der Waals surface area (Å²) < 4.78 is 0. The monoisotopic (exact) mass is 529 g/mol. The Balaban J connectivity index is 0.00000450. The van der Waals surface area contributed by atoms with Gasteiger partial charge in [-0.05, 0) is 76.4 Å². The van der Waals surface area contributed by atoms with E-state index in [0.29, 0.717) is 5.56 Å². The van der Waals surface area contributed by atoms with Crippen molar-refractivity contribution in [3.8, 4) is 0 Å². The second-order valence-electron chi connectivity index (χ2n) is 7.68. The molecule has 170 valence electrons. The number of likely N-dealkylation sites (tertiary alicyclic amines) is 1. The summed E-state index contributed by atoms with van der Waals surface area (Å²) in [4.78, 5) is 19.1. The molecule has 0 aliphatic carbocycles. The number of nitrogens with one attached hydrogen (secondary N) is 3. The summed E-state index contributed by atoms with van der Waals surface area (Å²) in [5, 5.41) is 9.39. The van der Waals surface area contributed by atoms with Gasteiger partial charge in [0.05, 0.1) is 0 Å². The Labute approximate surface area is 199 Å². The van der Waals surface area contributed by atoms with Crippen LogP contribution in [0.4, 0.5) is 0 Å². The summed E-state index contributed by atoms with van der Waals surface area (Å²) in [6, 6.07) is 7.78. The molecule has 0 aromatic heterocycles. The Hall–Kier alpha value is -1.35. The van der Waals surface area contributed by atoms with E-state index in [0.717, 1.165) is 44.0 Å². The molecular weight excluding hydrogens is 489 g/mol. The molecule has 1 fully saturated rings. The molecule has 1 aromatic carbocycles. The van der Waals surface area contributed by atoms with Crippen molar-refractivity contribution in [3.05, 3.63) is 35.4 Å². The predicted octanol–water partition coefficient (Wildman–Crippen LogP) is 3.42. The first-order chi connectivity index (χ1) is 14.2. The molecule has 6 nitrogen and oxygen atoms in total. The fraction of sp³-hybridized carbons (Fsp3) is 0.652. The van der Waals surface area contributed by atoms with Gasteiger partial charge in [-0.25, -0.2) is 0 Å². The lowest BCUT2D eigenvalue weighted by atomic mass is 10.1. The molecule has 0 atom stereocenters. The van der Waals surface area contributed by atoms with Crippen molar-refractivity contribution in [2.75, 3.05) is 46.3 Å². The van der Waals surface area contributed by atoms with Gasteiger partial charge in [-0.3, -0.25) is 9.79 Å². The van der Waals surface area contributed by atoms with Crippen LogP contribution in [-0.4, -0.2) is 63.1 Å². The molecule has 1 aliphatic heterocycles. The zero-order valence-corrected chi connectivity index (χ0v) is 21.0. The number of amides is 1. The maximum Gasteiger partial charge on any atom is 0.251 e. The fourth-order valence-electron chi connectivity index (χ4n) is 3.68. The average Bonchev–Trinajstić information content (AvgIpc) is 2.76. The Morgan fingerprint density at radius 1 is 1.10 bits per heavy atom. The number of guanidine groups is 1. The fourth-order valence-corrected chi connectivity index (χ4v) is 3.68. The smallest absolute Gasteiger partial charge is 0.251 e. The van der Waals surface area contributed by atoms with Gasteiger partial charge >= 0.3 is 0 Å². The van der Waals surface area contributed by atoms with Crippen molar-refractivity contribution in [1.29, 1.82) is 0 Å². The van der Waals surface area contributed by atoms with Gasteiger partial charge in [-0.15, -0.1) is 24.0 Å². The topological polar surface area (TPSA) is 68.8 Å². The van der Waals surface area contributed by atoms with Gasteiger partial charge < -0.3 is 20.9 Å². The number of benzene rings is 1. The van der Waals surface area contributed by atoms with Crippen LogP contribution < -0.4 is 16.0 Å². The molecule has 0 bridgehead atoms. The highest BCUT2D eigenvalue weighted by Crippen LogP contribution is 2.10. The van der Waals surface area contributed by atoms with Gasteiger partial charge in [0.15, 0.2) is 5.96 Å². The minimum atomic E-state index is -0.0463. The molecule has 0 saturated carbocycles. The number of carbonyl (C=O) groups excluding carboxylic acids is 1. The molecular formula is C23H40IN5O. The van der Waals surface area contributed by atoms with Crippen molar-refractivity contribution >= 4 is 35.8 Å². The molecule has 3 N–H and O–H groups in total. The zero-order chi connectivity index (χ0) is 20.7. The van der Waals surface area contributed by atoms with Crippen LogP contribution in [0.2, 0.25) is 0 Å². The number of unbranched alkanes of at least 4 members (excludes halogenated alkanes) is 2. The molecule has 2 rings (SSSR count). The number of hydrogen-bond donors (Lipinski definition) is 3. The van der Waals surface area contributed by atoms with Crippen molar-refractivity contribution in [3.63, 3.8) is 0 Å². The third-order valence-electron chi connectivity index (χ3n) is 5.32. The highest BCUT2D eigenvalue weighted by Gasteiger charge is 2.08. The van der Waals surface area contributed by atoms with Gasteiger partial charge in [-0.2, -0.15) is 0 Å². The van der Waals surface area contributed by atoms with Gasteiger partial charge in [-0.1, -0.05) is 25.0 Å². The van der Waals surface area contributed by atoms with Gasteiger partial charge in [0.25, 0.3) is 5.91 Å². The summed E-state index contributed by atoms with van der Waals surface area (Å²) in [7, 11) is 1.66. The molecule has 1 heterocycles. The van der Waals surface area contributed by atoms with Gasteiger partial charge in [0, 0.05) is 32.2 Å². The summed E-state index contributed by atoms with van der Waals surface area (Å²) in [5.74, 6) is 0.834. The summed E-state index contributed by atoms with van der Waals surface area (Å²) in [6.07, 6.45) is 8.66. The van der Waals surface area contributed by atoms with E-state index >= 15 is 0 Å². The van der Waals surface area contributed by atoms with Crippen LogP contribution >= 0.6 is 24.0 Å². The van der Waals surface area contributed by atoms with Gasteiger partial charge in [0.1, 0.15) is 0 Å². The standard InChI is InChI=1S/C23H39N5O.HI/c1-3-25-23(26-14-6-4-7-16-28-17-8-5-9-18-28)27-15-13-20-11-10-12-21(19-20)22(29)24-2;/h10-12,19H,3-9,13-18H2,1-2H3,(H,24,29)(H2,25,26,27);1H. The first kappa shape index (κ1) is 26.7. The molecule has 30 heavy (non-hydrogen) atoms. The SMILES string of the molecule is CCNC(=NCCCCCN1CCCCC1)NCCc1cccc(C(=O)NC)c1.I. The normalized spacial score (nSPS) is 14.7. The lowest BCUT2D eigenvalue weighted by Crippen LogP contribution is -2.38. The molecule has 1 amide bonds. The van der Waals surface area contributed by atoms with E-state index in [9.17, 15) is 4.79 Å². The molecule has 0 spiro atoms. The van der Waals surface area contributed by atoms with Crippen LogP contribution in [0, 0.1) is 0 Å². The van der Waals surface area contributed by atoms with Crippen LogP contribution in [0.5, 0.6) is 0 Å². The number of rotatable bonds is 11. The van der Waals surface area contributed by atoms with Gasteiger partial charge in [0.2, 0.25) is 0 Å². The minimum Gasteiger partial charge on any atom is -0.357 e. The average molecular weight is 530 g/mol. The lowest BCUT2D eigenvalue weighted by molar-refractivity contribution is 0.0963. The number of aliphatic imine (C=N–C) groups is 1. The van der Waals surface area contributed by atoms with E-state index in [1.807, 2.05) is 18.2 Å². The van der Waals surface area contributed by atoms with Crippen LogP contribution in [0.3, 0.4) is 0 Å². The maximum atomic E-state index is 11.8. The molecule has 1 saturated heterocycles. The maximum absolute atomic E-state index is 11.8. The minimum absolute atomic E-state index is 0. The van der Waals surface area contributed by atoms with Crippen LogP contribution in [0.1, 0.15) is 61.4 Å². The van der Waals surface area contributed by atoms with Crippen molar-refractivity contribution < 1.29 is 4.79 Å². The highest BCUT2D eigenvalue weighted by molar-refractivity contribution is 14.0. The van der Waals surface area contributed by atoms with E-state index in [4.69, 9.17) is 4.99 Å². The quantitative estimate of drug-likeness (QED) is 0.178. The lowest BCUT2D eigenvalue weighted by Gasteiger charge is -2.26. The summed E-state index contributed by atoms with van der Waals surface area (Å²) >= 11 is 0. The van der Waals surface area contributed by atoms with E-state index in [-0.39, 0.29) is 29.9 Å². The second kappa shape index (κ2) is 16.4. The van der Waals surface area contributed by atoms with Crippen LogP contribution in [0.15, 0.2) is 29.3 Å². The number of piperidine rings is 1. The number of carbonyl (C=O) groups is 1. The van der Waals surface area contributed by atoms with Crippen molar-refractivity contribution in [2.45, 2.75) is 51.9 Å². The number of halogens is 1. The molecule has 0 unspecified atom stereocenters. The Kier molecular flexibility index (Phi) is 14.5. The Morgan fingerprint density at radius 2 is 1.90 bits per heavy atom. The van der Waals surface area contributed by atoms with Crippen molar-refractivity contribution in [1.82, 2.24) is 20.9 Å². The first-order valence-electron chi connectivity index (χ1n) is 11.3. The third-order valence-corrected chi connectivity index (χ3v) is 5.32.